The second-order valence-corrected chi connectivity index (χ2v) is 12.8. The number of Topliss-reactive ketones (excluding diaryl/α,β-unsaturated/α-hetero) is 1. The van der Waals surface area contributed by atoms with E-state index >= 15 is 0 Å². The van der Waals surface area contributed by atoms with Crippen molar-refractivity contribution in [3.63, 3.8) is 0 Å². The quantitative estimate of drug-likeness (QED) is 0.479. The maximum Gasteiger partial charge on any atom is 0.303 e. The first-order chi connectivity index (χ1) is 18.1. The van der Waals surface area contributed by atoms with E-state index in [-0.39, 0.29) is 71.7 Å². The van der Waals surface area contributed by atoms with E-state index < -0.39 is 29.2 Å². The maximum atomic E-state index is 14.5. The van der Waals surface area contributed by atoms with E-state index in [1.807, 2.05) is 32.0 Å². The topological polar surface area (TPSA) is 110 Å². The SMILES string of the molecule is CC(=O)OC1C2OC2C(C)C(=O)C(C)CC2OC2C2C3OC3(C)C(C)C3C(Cc4ccccc4)NC(=O)C132. The van der Waals surface area contributed by atoms with Gasteiger partial charge in [-0.1, -0.05) is 51.1 Å². The molecule has 1 spiro atoms. The summed E-state index contributed by atoms with van der Waals surface area (Å²) in [5.41, 5.74) is -0.339. The number of esters is 1. The van der Waals surface area contributed by atoms with Gasteiger partial charge < -0.3 is 24.3 Å². The Bertz CT molecular complexity index is 1190. The van der Waals surface area contributed by atoms with Gasteiger partial charge in [-0.2, -0.15) is 0 Å². The molecule has 204 valence electrons. The van der Waals surface area contributed by atoms with E-state index in [2.05, 4.69) is 31.3 Å². The average Bonchev–Trinajstić information content (AvgIpc) is 3.79. The van der Waals surface area contributed by atoms with Crippen molar-refractivity contribution in [3.05, 3.63) is 35.9 Å². The molecule has 1 N–H and O–H groups in total. The molecule has 6 fully saturated rings. The molecule has 2 aliphatic carbocycles. The van der Waals surface area contributed by atoms with Gasteiger partial charge in [0.2, 0.25) is 5.91 Å². The Morgan fingerprint density at radius 3 is 2.50 bits per heavy atom. The lowest BCUT2D eigenvalue weighted by molar-refractivity contribution is -0.175. The standard InChI is InChI=1S/C30H37NO7/c1-13-11-19-24(36-19)21-26-29(5,38-26)15(3)20-18(12-17-9-7-6-8-10-17)31-28(34)30(20,21)27(35-16(4)32)25-23(37-25)14(2)22(13)33/h6-10,13-15,18-21,23-27H,11-12H2,1-5H3,(H,31,34). The van der Waals surface area contributed by atoms with Gasteiger partial charge in [0, 0.05) is 36.6 Å². The summed E-state index contributed by atoms with van der Waals surface area (Å²) in [6, 6.07) is 10.00. The van der Waals surface area contributed by atoms with Gasteiger partial charge in [0.1, 0.15) is 23.4 Å². The van der Waals surface area contributed by atoms with Crippen LogP contribution in [0.4, 0.5) is 0 Å². The fraction of sp³-hybridized carbons (Fsp3) is 0.700. The molecular weight excluding hydrogens is 486 g/mol. The van der Waals surface area contributed by atoms with Crippen LogP contribution in [0.15, 0.2) is 30.3 Å². The zero-order chi connectivity index (χ0) is 26.7. The molecule has 4 heterocycles. The average molecular weight is 524 g/mol. The molecule has 6 aliphatic rings. The Hall–Kier alpha value is -2.29. The van der Waals surface area contributed by atoms with Crippen molar-refractivity contribution in [2.75, 3.05) is 0 Å². The number of nitrogens with one attached hydrogen (secondary N) is 1. The number of fused-ring (bicyclic) bond motifs is 5. The number of rotatable bonds is 3. The van der Waals surface area contributed by atoms with Crippen molar-refractivity contribution in [2.45, 2.75) is 95.7 Å². The third-order valence-corrected chi connectivity index (χ3v) is 10.8. The van der Waals surface area contributed by atoms with Crippen LogP contribution in [0, 0.1) is 35.0 Å². The lowest BCUT2D eigenvalue weighted by Crippen LogP contribution is -2.64. The van der Waals surface area contributed by atoms with E-state index in [4.69, 9.17) is 18.9 Å². The van der Waals surface area contributed by atoms with Gasteiger partial charge in [0.05, 0.1) is 30.0 Å². The molecule has 7 rings (SSSR count). The van der Waals surface area contributed by atoms with Gasteiger partial charge in [-0.15, -0.1) is 0 Å². The number of benzene rings is 1. The number of hydrogen-bond acceptors (Lipinski definition) is 7. The van der Waals surface area contributed by atoms with Crippen LogP contribution in [0.2, 0.25) is 0 Å². The molecule has 0 radical (unpaired) electrons. The fourth-order valence-corrected chi connectivity index (χ4v) is 8.78. The fourth-order valence-electron chi connectivity index (χ4n) is 8.78. The maximum absolute atomic E-state index is 14.5. The Morgan fingerprint density at radius 2 is 1.79 bits per heavy atom. The number of epoxide rings is 3. The summed E-state index contributed by atoms with van der Waals surface area (Å²) in [4.78, 5) is 40.4. The predicted octanol–water partition coefficient (Wildman–Crippen LogP) is 2.46. The Morgan fingerprint density at radius 1 is 1.05 bits per heavy atom. The van der Waals surface area contributed by atoms with Crippen molar-refractivity contribution < 1.29 is 33.3 Å². The molecule has 1 aromatic carbocycles. The summed E-state index contributed by atoms with van der Waals surface area (Å²) in [7, 11) is 0. The highest BCUT2D eigenvalue weighted by Gasteiger charge is 2.84. The zero-order valence-corrected chi connectivity index (χ0v) is 22.6. The minimum absolute atomic E-state index is 0.0203. The van der Waals surface area contributed by atoms with E-state index in [9.17, 15) is 14.4 Å². The summed E-state index contributed by atoms with van der Waals surface area (Å²) in [5.74, 6) is -1.43. The molecule has 4 aliphatic heterocycles. The molecule has 38 heavy (non-hydrogen) atoms. The number of amides is 1. The summed E-state index contributed by atoms with van der Waals surface area (Å²) >= 11 is 0. The smallest absolute Gasteiger partial charge is 0.303 e. The zero-order valence-electron chi connectivity index (χ0n) is 22.6. The number of ketones is 1. The largest absolute Gasteiger partial charge is 0.458 e. The number of ether oxygens (including phenoxy) is 4. The molecule has 1 aromatic rings. The Kier molecular flexibility index (Phi) is 5.28. The van der Waals surface area contributed by atoms with Crippen LogP contribution in [0.3, 0.4) is 0 Å². The van der Waals surface area contributed by atoms with Crippen LogP contribution in [0.5, 0.6) is 0 Å². The molecule has 14 unspecified atom stereocenters. The van der Waals surface area contributed by atoms with Gasteiger partial charge in [0.25, 0.3) is 0 Å². The highest BCUT2D eigenvalue weighted by atomic mass is 16.6. The van der Waals surface area contributed by atoms with Crippen LogP contribution >= 0.6 is 0 Å². The van der Waals surface area contributed by atoms with E-state index in [1.165, 1.54) is 6.92 Å². The van der Waals surface area contributed by atoms with Gasteiger partial charge >= 0.3 is 5.97 Å². The number of carbonyl (C=O) groups excluding carboxylic acids is 3. The third kappa shape index (κ3) is 3.29. The van der Waals surface area contributed by atoms with Gasteiger partial charge in [-0.25, -0.2) is 0 Å². The molecule has 14 atom stereocenters. The van der Waals surface area contributed by atoms with Gasteiger partial charge in [-0.3, -0.25) is 14.4 Å². The first-order valence-corrected chi connectivity index (χ1v) is 14.1. The predicted molar refractivity (Wildman–Crippen MR) is 135 cm³/mol. The van der Waals surface area contributed by atoms with Crippen LogP contribution in [0.25, 0.3) is 0 Å². The summed E-state index contributed by atoms with van der Waals surface area (Å²) in [6.07, 6.45) is -1.02. The molecule has 8 nitrogen and oxygen atoms in total. The Balaban J connectivity index is 1.39. The molecule has 0 aromatic heterocycles. The molecule has 0 bridgehead atoms. The lowest BCUT2D eigenvalue weighted by Gasteiger charge is -2.50. The van der Waals surface area contributed by atoms with Gasteiger partial charge in [0.15, 0.2) is 0 Å². The van der Waals surface area contributed by atoms with Crippen LogP contribution < -0.4 is 5.32 Å². The second-order valence-electron chi connectivity index (χ2n) is 12.8. The number of carbonyl (C=O) groups is 3. The minimum atomic E-state index is -1.08. The second kappa shape index (κ2) is 8.12. The van der Waals surface area contributed by atoms with Crippen LogP contribution in [-0.2, 0) is 39.8 Å². The first-order valence-electron chi connectivity index (χ1n) is 14.1. The van der Waals surface area contributed by atoms with Crippen LogP contribution in [-0.4, -0.2) is 65.9 Å². The van der Waals surface area contributed by atoms with E-state index in [0.717, 1.165) is 5.56 Å². The highest BCUT2D eigenvalue weighted by Crippen LogP contribution is 2.70. The summed E-state index contributed by atoms with van der Waals surface area (Å²) in [6.45, 7) is 9.54. The lowest BCUT2D eigenvalue weighted by atomic mass is 9.50. The first kappa shape index (κ1) is 24.7. The van der Waals surface area contributed by atoms with Crippen LogP contribution in [0.1, 0.15) is 46.6 Å². The van der Waals surface area contributed by atoms with Crippen molar-refractivity contribution >= 4 is 17.7 Å². The van der Waals surface area contributed by atoms with E-state index in [0.29, 0.717) is 12.8 Å². The highest BCUT2D eigenvalue weighted by molar-refractivity contribution is 5.89. The molecule has 8 heteroatoms. The summed E-state index contributed by atoms with van der Waals surface area (Å²) < 4.78 is 25.1. The monoisotopic (exact) mass is 523 g/mol. The molecule has 4 saturated heterocycles. The Labute approximate surface area is 223 Å². The molecular formula is C30H37NO7. The van der Waals surface area contributed by atoms with Crippen molar-refractivity contribution in [1.29, 1.82) is 0 Å². The van der Waals surface area contributed by atoms with Crippen molar-refractivity contribution in [1.82, 2.24) is 5.32 Å². The summed E-state index contributed by atoms with van der Waals surface area (Å²) in [5, 5.41) is 3.37. The third-order valence-electron chi connectivity index (χ3n) is 10.8. The van der Waals surface area contributed by atoms with Crippen molar-refractivity contribution in [2.24, 2.45) is 35.0 Å². The minimum Gasteiger partial charge on any atom is -0.458 e. The number of hydrogen-bond donors (Lipinski definition) is 1. The van der Waals surface area contributed by atoms with E-state index in [1.54, 1.807) is 0 Å². The normalized spacial score (nSPS) is 52.1. The van der Waals surface area contributed by atoms with Crippen molar-refractivity contribution in [3.8, 4) is 0 Å². The molecule has 2 saturated carbocycles. The van der Waals surface area contributed by atoms with Gasteiger partial charge in [-0.05, 0) is 31.2 Å². The molecule has 1 amide bonds.